The summed E-state index contributed by atoms with van der Waals surface area (Å²) < 4.78 is 15.5. The Hall–Kier alpha value is -3.80. The molecule has 0 saturated heterocycles. The molecule has 1 aliphatic rings. The van der Waals surface area contributed by atoms with Gasteiger partial charge < -0.3 is 19.1 Å². The highest BCUT2D eigenvalue weighted by Gasteiger charge is 2.31. The fourth-order valence-corrected chi connectivity index (χ4v) is 3.64. The average Bonchev–Trinajstić information content (AvgIpc) is 3.06. The summed E-state index contributed by atoms with van der Waals surface area (Å²) in [5.74, 6) is -0.777. The van der Waals surface area contributed by atoms with E-state index in [1.54, 1.807) is 30.4 Å². The van der Waals surface area contributed by atoms with Gasteiger partial charge in [-0.3, -0.25) is 0 Å². The van der Waals surface area contributed by atoms with Crippen LogP contribution < -0.4 is 9.64 Å². The van der Waals surface area contributed by atoms with Crippen molar-refractivity contribution in [3.05, 3.63) is 95.4 Å². The summed E-state index contributed by atoms with van der Waals surface area (Å²) in [5.41, 5.74) is 2.54. The first-order valence-electron chi connectivity index (χ1n) is 10.1. The van der Waals surface area contributed by atoms with Gasteiger partial charge in [0, 0.05) is 11.6 Å². The van der Waals surface area contributed by atoms with E-state index < -0.39 is 11.9 Å². The number of benzene rings is 2. The molecule has 0 aliphatic carbocycles. The smallest absolute Gasteiger partial charge is 0.355 e. The highest BCUT2D eigenvalue weighted by atomic mass is 16.5. The Balaban J connectivity index is 2.23. The maximum Gasteiger partial charge on any atom is 0.355 e. The maximum absolute atomic E-state index is 12.8. The molecule has 1 heterocycles. The molecule has 1 aliphatic heterocycles. The Morgan fingerprint density at radius 1 is 0.844 bits per heavy atom. The molecule has 0 unspecified atom stereocenters. The van der Waals surface area contributed by atoms with Gasteiger partial charge in [0.1, 0.15) is 11.4 Å². The number of nitrogens with zero attached hydrogens (tertiary/aromatic N) is 1. The summed E-state index contributed by atoms with van der Waals surface area (Å²) in [5, 5.41) is 0. The fourth-order valence-electron chi connectivity index (χ4n) is 3.64. The number of allylic oxidation sites excluding steroid dienone is 2. The van der Waals surface area contributed by atoms with E-state index in [0.29, 0.717) is 11.4 Å². The maximum atomic E-state index is 12.8. The summed E-state index contributed by atoms with van der Waals surface area (Å²) >= 11 is 0. The molecule has 2 aromatic rings. The molecule has 166 valence electrons. The molecule has 6 heteroatoms. The van der Waals surface area contributed by atoms with Crippen LogP contribution in [0.5, 0.6) is 5.75 Å². The van der Waals surface area contributed by atoms with Crippen molar-refractivity contribution in [3.8, 4) is 5.75 Å². The molecule has 0 fully saturated rings. The molecule has 0 spiro atoms. The number of carbonyl (C=O) groups is 2. The van der Waals surface area contributed by atoms with E-state index >= 15 is 0 Å². The molecule has 0 amide bonds. The minimum absolute atomic E-state index is 0.0392. The number of methoxy groups -OCH3 is 3. The number of anilines is 1. The van der Waals surface area contributed by atoms with Gasteiger partial charge in [0.05, 0.1) is 32.6 Å². The number of carbonyl (C=O) groups excluding carboxylic acids is 2. The number of esters is 2. The standard InChI is InChI=1S/C26H27NO5/c1-26(2,18-11-7-6-8-12-18)19-14-15-22(30-3)21(17-19)27-16-10-9-13-20(24(28)31-4)23(27)25(29)32-5/h6-17H,1-5H3. The van der Waals surface area contributed by atoms with E-state index in [2.05, 4.69) is 26.0 Å². The minimum Gasteiger partial charge on any atom is -0.495 e. The number of ether oxygens (including phenoxy) is 3. The summed E-state index contributed by atoms with van der Waals surface area (Å²) in [6.07, 6.45) is 6.61. The third-order valence-corrected chi connectivity index (χ3v) is 5.54. The number of hydrogen-bond acceptors (Lipinski definition) is 6. The molecule has 0 atom stereocenters. The summed E-state index contributed by atoms with van der Waals surface area (Å²) in [6.45, 7) is 4.26. The number of rotatable bonds is 6. The molecule has 0 radical (unpaired) electrons. The second-order valence-electron chi connectivity index (χ2n) is 7.69. The first-order chi connectivity index (χ1) is 15.3. The van der Waals surface area contributed by atoms with Crippen molar-refractivity contribution in [3.63, 3.8) is 0 Å². The van der Waals surface area contributed by atoms with Crippen LogP contribution in [0.1, 0.15) is 25.0 Å². The van der Waals surface area contributed by atoms with Crippen LogP contribution in [0.3, 0.4) is 0 Å². The molecule has 3 rings (SSSR count). The minimum atomic E-state index is -0.670. The van der Waals surface area contributed by atoms with Gasteiger partial charge >= 0.3 is 11.9 Å². The van der Waals surface area contributed by atoms with Gasteiger partial charge in [0.25, 0.3) is 0 Å². The average molecular weight is 434 g/mol. The summed E-state index contributed by atoms with van der Waals surface area (Å²) in [4.78, 5) is 26.9. The second kappa shape index (κ2) is 9.56. The van der Waals surface area contributed by atoms with Crippen LogP contribution in [0.15, 0.2) is 84.2 Å². The quantitative estimate of drug-likeness (QED) is 0.625. The lowest BCUT2D eigenvalue weighted by atomic mass is 9.78. The zero-order valence-electron chi connectivity index (χ0n) is 18.9. The Kier molecular flexibility index (Phi) is 6.83. The highest BCUT2D eigenvalue weighted by Crippen LogP contribution is 2.39. The Bertz CT molecular complexity index is 1100. The number of hydrogen-bond donors (Lipinski definition) is 0. The third-order valence-electron chi connectivity index (χ3n) is 5.54. The normalized spacial score (nSPS) is 13.6. The third kappa shape index (κ3) is 4.30. The van der Waals surface area contributed by atoms with Gasteiger partial charge in [0.2, 0.25) is 0 Å². The Morgan fingerprint density at radius 2 is 1.53 bits per heavy atom. The van der Waals surface area contributed by atoms with E-state index in [0.717, 1.165) is 11.1 Å². The molecule has 0 aromatic heterocycles. The SMILES string of the molecule is COC(=O)C1=C(C(=O)OC)N(c2cc(C(C)(C)c3ccccc3)ccc2OC)C=CC=C1. The topological polar surface area (TPSA) is 65.1 Å². The van der Waals surface area contributed by atoms with Crippen molar-refractivity contribution in [2.24, 2.45) is 0 Å². The van der Waals surface area contributed by atoms with E-state index in [1.807, 2.05) is 36.4 Å². The van der Waals surface area contributed by atoms with Crippen LogP contribution in [0, 0.1) is 0 Å². The van der Waals surface area contributed by atoms with Crippen molar-refractivity contribution >= 4 is 17.6 Å². The predicted octanol–water partition coefficient (Wildman–Crippen LogP) is 4.51. The van der Waals surface area contributed by atoms with Gasteiger partial charge in [-0.25, -0.2) is 9.59 Å². The summed E-state index contributed by atoms with van der Waals surface area (Å²) in [6, 6.07) is 16.0. The zero-order chi connectivity index (χ0) is 23.3. The van der Waals surface area contributed by atoms with Crippen LogP contribution in [0.2, 0.25) is 0 Å². The molecule has 2 aromatic carbocycles. The van der Waals surface area contributed by atoms with E-state index in [9.17, 15) is 9.59 Å². The van der Waals surface area contributed by atoms with Crippen molar-refractivity contribution in [2.75, 3.05) is 26.2 Å². The summed E-state index contributed by atoms with van der Waals surface area (Å²) in [7, 11) is 4.10. The fraction of sp³-hybridized carbons (Fsp3) is 0.231. The van der Waals surface area contributed by atoms with Gasteiger partial charge in [-0.15, -0.1) is 0 Å². The Morgan fingerprint density at radius 3 is 2.16 bits per heavy atom. The van der Waals surface area contributed by atoms with Gasteiger partial charge in [-0.1, -0.05) is 56.3 Å². The zero-order valence-corrected chi connectivity index (χ0v) is 18.9. The lowest BCUT2D eigenvalue weighted by Gasteiger charge is -2.30. The van der Waals surface area contributed by atoms with Crippen molar-refractivity contribution in [2.45, 2.75) is 19.3 Å². The van der Waals surface area contributed by atoms with Gasteiger partial charge in [-0.2, -0.15) is 0 Å². The molecule has 0 N–H and O–H groups in total. The van der Waals surface area contributed by atoms with Crippen LogP contribution >= 0.6 is 0 Å². The van der Waals surface area contributed by atoms with E-state index in [1.165, 1.54) is 20.3 Å². The van der Waals surface area contributed by atoms with Gasteiger partial charge in [0.15, 0.2) is 0 Å². The lowest BCUT2D eigenvalue weighted by Crippen LogP contribution is -2.28. The first-order valence-corrected chi connectivity index (χ1v) is 10.1. The molecular formula is C26H27NO5. The van der Waals surface area contributed by atoms with Crippen LogP contribution in [0.25, 0.3) is 0 Å². The molecule has 32 heavy (non-hydrogen) atoms. The van der Waals surface area contributed by atoms with Crippen LogP contribution in [0.4, 0.5) is 5.69 Å². The van der Waals surface area contributed by atoms with Gasteiger partial charge in [-0.05, 0) is 35.4 Å². The largest absolute Gasteiger partial charge is 0.495 e. The van der Waals surface area contributed by atoms with Crippen molar-refractivity contribution in [1.82, 2.24) is 0 Å². The Labute approximate surface area is 188 Å². The molecule has 6 nitrogen and oxygen atoms in total. The lowest BCUT2D eigenvalue weighted by molar-refractivity contribution is -0.139. The predicted molar refractivity (Wildman–Crippen MR) is 123 cm³/mol. The van der Waals surface area contributed by atoms with Crippen LogP contribution in [-0.4, -0.2) is 33.3 Å². The van der Waals surface area contributed by atoms with Crippen molar-refractivity contribution < 1.29 is 23.8 Å². The van der Waals surface area contributed by atoms with Crippen molar-refractivity contribution in [1.29, 1.82) is 0 Å². The molecular weight excluding hydrogens is 406 g/mol. The molecule has 0 bridgehead atoms. The second-order valence-corrected chi connectivity index (χ2v) is 7.69. The first kappa shape index (κ1) is 22.9. The van der Waals surface area contributed by atoms with Crippen LogP contribution in [-0.2, 0) is 24.5 Å². The monoisotopic (exact) mass is 433 g/mol. The van der Waals surface area contributed by atoms with E-state index in [-0.39, 0.29) is 16.7 Å². The molecule has 0 saturated carbocycles. The highest BCUT2D eigenvalue weighted by molar-refractivity contribution is 6.05. The van der Waals surface area contributed by atoms with E-state index in [4.69, 9.17) is 14.2 Å².